The summed E-state index contributed by atoms with van der Waals surface area (Å²) in [5.74, 6) is 0.812. The van der Waals surface area contributed by atoms with Crippen molar-refractivity contribution in [3.63, 3.8) is 0 Å². The average molecular weight is 450 g/mol. The van der Waals surface area contributed by atoms with Gasteiger partial charge < -0.3 is 10.1 Å². The molecule has 0 aliphatic carbocycles. The molecule has 0 amide bonds. The van der Waals surface area contributed by atoms with Crippen LogP contribution in [0, 0.1) is 0 Å². The molecule has 0 aromatic heterocycles. The van der Waals surface area contributed by atoms with Crippen LogP contribution >= 0.6 is 47.8 Å². The largest absolute Gasteiger partial charge is 0.494 e. The van der Waals surface area contributed by atoms with Crippen molar-refractivity contribution in [1.82, 2.24) is 0 Å². The smallest absolute Gasteiger partial charge is 0.147 e. The molecule has 0 fully saturated rings. The number of ether oxygens (including phenoxy) is 1. The second-order valence-electron chi connectivity index (χ2n) is 3.95. The Morgan fingerprint density at radius 1 is 1.00 bits per heavy atom. The molecule has 2 nitrogen and oxygen atoms in total. The molecule has 2 aromatic carbocycles. The first-order valence-corrected chi connectivity index (χ1v) is 7.99. The standard InChI is InChI=1S/C14H12Br3NO/c1-19-14-12(16)6-9(7-13(14)17)8-18-11-4-2-10(15)3-5-11/h2-7,18H,8H2,1H3. The summed E-state index contributed by atoms with van der Waals surface area (Å²) in [5, 5.41) is 3.38. The van der Waals surface area contributed by atoms with Crippen LogP contribution in [0.1, 0.15) is 5.56 Å². The third kappa shape index (κ3) is 3.97. The molecule has 0 heterocycles. The van der Waals surface area contributed by atoms with Gasteiger partial charge in [0.15, 0.2) is 0 Å². The first-order chi connectivity index (χ1) is 9.10. The summed E-state index contributed by atoms with van der Waals surface area (Å²) >= 11 is 10.4. The SMILES string of the molecule is COc1c(Br)cc(CNc2ccc(Br)cc2)cc1Br. The van der Waals surface area contributed by atoms with Crippen molar-refractivity contribution in [2.75, 3.05) is 12.4 Å². The zero-order chi connectivity index (χ0) is 13.8. The fraction of sp³-hybridized carbons (Fsp3) is 0.143. The number of halogens is 3. The van der Waals surface area contributed by atoms with Crippen molar-refractivity contribution in [2.45, 2.75) is 6.54 Å². The van der Waals surface area contributed by atoms with Gasteiger partial charge >= 0.3 is 0 Å². The summed E-state index contributed by atoms with van der Waals surface area (Å²) in [6.45, 7) is 0.753. The van der Waals surface area contributed by atoms with Crippen LogP contribution < -0.4 is 10.1 Å². The van der Waals surface area contributed by atoms with Crippen LogP contribution in [0.4, 0.5) is 5.69 Å². The van der Waals surface area contributed by atoms with E-state index in [0.29, 0.717) is 0 Å². The highest BCUT2D eigenvalue weighted by Crippen LogP contribution is 2.34. The van der Waals surface area contributed by atoms with E-state index in [1.165, 1.54) is 5.56 Å². The fourth-order valence-electron chi connectivity index (χ4n) is 1.68. The zero-order valence-electron chi connectivity index (χ0n) is 10.2. The number of hydrogen-bond acceptors (Lipinski definition) is 2. The maximum atomic E-state index is 5.29. The third-order valence-electron chi connectivity index (χ3n) is 2.60. The fourth-order valence-corrected chi connectivity index (χ4v) is 3.55. The molecular formula is C14H12Br3NO. The van der Waals surface area contributed by atoms with Crippen LogP contribution in [-0.2, 0) is 6.54 Å². The van der Waals surface area contributed by atoms with E-state index in [1.807, 2.05) is 24.3 Å². The lowest BCUT2D eigenvalue weighted by Gasteiger charge is -2.11. The van der Waals surface area contributed by atoms with Crippen molar-refractivity contribution < 1.29 is 4.74 Å². The van der Waals surface area contributed by atoms with Gasteiger partial charge in [-0.15, -0.1) is 0 Å². The molecule has 0 saturated heterocycles. The molecule has 0 aliphatic rings. The zero-order valence-corrected chi connectivity index (χ0v) is 15.0. The first kappa shape index (κ1) is 14.9. The minimum atomic E-state index is 0.753. The van der Waals surface area contributed by atoms with Gasteiger partial charge in [0.2, 0.25) is 0 Å². The van der Waals surface area contributed by atoms with Gasteiger partial charge in [-0.25, -0.2) is 0 Å². The van der Waals surface area contributed by atoms with Gasteiger partial charge in [-0.1, -0.05) is 15.9 Å². The van der Waals surface area contributed by atoms with Gasteiger partial charge in [0.05, 0.1) is 16.1 Å². The Hall–Kier alpha value is -0.520. The monoisotopic (exact) mass is 447 g/mol. The predicted molar refractivity (Wildman–Crippen MR) is 89.9 cm³/mol. The molecule has 2 aromatic rings. The minimum Gasteiger partial charge on any atom is -0.494 e. The molecule has 0 radical (unpaired) electrons. The van der Waals surface area contributed by atoms with E-state index in [0.717, 1.165) is 31.4 Å². The maximum Gasteiger partial charge on any atom is 0.147 e. The second-order valence-corrected chi connectivity index (χ2v) is 6.58. The number of rotatable bonds is 4. The maximum absolute atomic E-state index is 5.29. The first-order valence-electron chi connectivity index (χ1n) is 5.61. The van der Waals surface area contributed by atoms with Crippen molar-refractivity contribution in [3.8, 4) is 5.75 Å². The Morgan fingerprint density at radius 3 is 2.11 bits per heavy atom. The van der Waals surface area contributed by atoms with Crippen molar-refractivity contribution >= 4 is 53.5 Å². The van der Waals surface area contributed by atoms with E-state index in [4.69, 9.17) is 4.74 Å². The van der Waals surface area contributed by atoms with Crippen LogP contribution in [0.2, 0.25) is 0 Å². The van der Waals surface area contributed by atoms with E-state index in [-0.39, 0.29) is 0 Å². The molecule has 0 spiro atoms. The molecule has 0 bridgehead atoms. The lowest BCUT2D eigenvalue weighted by atomic mass is 10.2. The van der Waals surface area contributed by atoms with Gasteiger partial charge in [-0.2, -0.15) is 0 Å². The summed E-state index contributed by atoms with van der Waals surface area (Å²) < 4.78 is 8.25. The van der Waals surface area contributed by atoms with Crippen LogP contribution in [0.25, 0.3) is 0 Å². The summed E-state index contributed by atoms with van der Waals surface area (Å²) in [4.78, 5) is 0. The molecule has 1 N–H and O–H groups in total. The Bertz CT molecular complexity index is 546. The molecule has 0 unspecified atom stereocenters. The van der Waals surface area contributed by atoms with Crippen molar-refractivity contribution in [1.29, 1.82) is 0 Å². The summed E-state index contributed by atoms with van der Waals surface area (Å²) in [6, 6.07) is 12.2. The molecule has 0 saturated carbocycles. The number of methoxy groups -OCH3 is 1. The van der Waals surface area contributed by atoms with E-state index < -0.39 is 0 Å². The van der Waals surface area contributed by atoms with Gasteiger partial charge in [0.1, 0.15) is 5.75 Å². The highest BCUT2D eigenvalue weighted by atomic mass is 79.9. The molecule has 2 rings (SSSR count). The number of benzene rings is 2. The quantitative estimate of drug-likeness (QED) is 0.656. The van der Waals surface area contributed by atoms with Crippen molar-refractivity contribution in [3.05, 3.63) is 55.4 Å². The van der Waals surface area contributed by atoms with Crippen LogP contribution in [-0.4, -0.2) is 7.11 Å². The van der Waals surface area contributed by atoms with E-state index in [2.05, 4.69) is 65.2 Å². The van der Waals surface area contributed by atoms with E-state index in [1.54, 1.807) is 7.11 Å². The second kappa shape index (κ2) is 6.77. The van der Waals surface area contributed by atoms with Crippen LogP contribution in [0.15, 0.2) is 49.8 Å². The highest BCUT2D eigenvalue weighted by molar-refractivity contribution is 9.11. The summed E-state index contributed by atoms with van der Waals surface area (Å²) in [7, 11) is 1.66. The number of nitrogens with one attached hydrogen (secondary N) is 1. The normalized spacial score (nSPS) is 10.3. The average Bonchev–Trinajstić information content (AvgIpc) is 2.38. The van der Waals surface area contributed by atoms with Crippen molar-refractivity contribution in [2.24, 2.45) is 0 Å². The molecule has 0 aliphatic heterocycles. The molecule has 100 valence electrons. The van der Waals surface area contributed by atoms with Gasteiger partial charge in [-0.05, 0) is 73.8 Å². The Morgan fingerprint density at radius 2 is 1.58 bits per heavy atom. The molecule has 19 heavy (non-hydrogen) atoms. The Balaban J connectivity index is 2.09. The van der Waals surface area contributed by atoms with E-state index in [9.17, 15) is 0 Å². The third-order valence-corrected chi connectivity index (χ3v) is 4.31. The minimum absolute atomic E-state index is 0.753. The predicted octanol–water partition coefficient (Wildman–Crippen LogP) is 5.59. The topological polar surface area (TPSA) is 21.3 Å². The van der Waals surface area contributed by atoms with Gasteiger partial charge in [0.25, 0.3) is 0 Å². The van der Waals surface area contributed by atoms with Gasteiger partial charge in [0, 0.05) is 16.7 Å². The highest BCUT2D eigenvalue weighted by Gasteiger charge is 2.07. The lowest BCUT2D eigenvalue weighted by molar-refractivity contribution is 0.409. The Kier molecular flexibility index (Phi) is 5.30. The van der Waals surface area contributed by atoms with Gasteiger partial charge in [-0.3, -0.25) is 0 Å². The van der Waals surface area contributed by atoms with Crippen LogP contribution in [0.5, 0.6) is 5.75 Å². The lowest BCUT2D eigenvalue weighted by Crippen LogP contribution is -2.00. The molecule has 5 heteroatoms. The number of hydrogen-bond donors (Lipinski definition) is 1. The molecule has 0 atom stereocenters. The number of anilines is 1. The van der Waals surface area contributed by atoms with Crippen LogP contribution in [0.3, 0.4) is 0 Å². The van der Waals surface area contributed by atoms with E-state index >= 15 is 0 Å². The summed E-state index contributed by atoms with van der Waals surface area (Å²) in [5.41, 5.74) is 2.26. The molecular weight excluding hydrogens is 438 g/mol. The summed E-state index contributed by atoms with van der Waals surface area (Å²) in [6.07, 6.45) is 0. The Labute approximate surface area is 137 Å².